The summed E-state index contributed by atoms with van der Waals surface area (Å²) in [5, 5.41) is 7.33. The van der Waals surface area contributed by atoms with E-state index in [4.69, 9.17) is 11.6 Å². The quantitative estimate of drug-likeness (QED) is 0.363. The van der Waals surface area contributed by atoms with E-state index in [1.165, 1.54) is 23.0 Å². The molecular weight excluding hydrogens is 695 g/mol. The van der Waals surface area contributed by atoms with Gasteiger partial charge in [-0.05, 0) is 56.1 Å². The zero-order valence-electron chi connectivity index (χ0n) is 18.2. The second kappa shape index (κ2) is 11.8. The number of nitrogens with zero attached hydrogens (tertiary/aromatic N) is 4. The van der Waals surface area contributed by atoms with Crippen LogP contribution in [-0.2, 0) is 9.47 Å². The molecule has 12 nitrogen and oxygen atoms in total. The number of halogens is 4. The first kappa shape index (κ1) is 27.6. The molecule has 2 heterocycles. The molecule has 1 aromatic carbocycles. The highest BCUT2D eigenvalue weighted by Crippen LogP contribution is 2.32. The second-order valence-corrected chi connectivity index (χ2v) is 9.54. The van der Waals surface area contributed by atoms with E-state index in [9.17, 15) is 19.2 Å². The van der Waals surface area contributed by atoms with Crippen LogP contribution in [0.1, 0.15) is 20.8 Å². The van der Waals surface area contributed by atoms with Gasteiger partial charge >= 0.3 is 12.2 Å². The number of methoxy groups -OCH3 is 2. The molecule has 0 aliphatic carbocycles. The fraction of sp³-hybridized carbons (Fsp3) is 0.100. The van der Waals surface area contributed by atoms with Crippen molar-refractivity contribution < 1.29 is 28.7 Å². The molecule has 0 unspecified atom stereocenters. The van der Waals surface area contributed by atoms with Gasteiger partial charge in [-0.25, -0.2) is 24.7 Å². The predicted octanol–water partition coefficient (Wildman–Crippen LogP) is 4.94. The van der Waals surface area contributed by atoms with Gasteiger partial charge in [0, 0.05) is 21.2 Å². The van der Waals surface area contributed by atoms with Crippen LogP contribution in [0, 0.1) is 0 Å². The number of carbonyl (C=O) groups is 4. The summed E-state index contributed by atoms with van der Waals surface area (Å²) in [5.41, 5.74) is 2.03. The summed E-state index contributed by atoms with van der Waals surface area (Å²) >= 11 is 16.0. The summed E-state index contributed by atoms with van der Waals surface area (Å²) < 4.78 is 11.3. The highest BCUT2D eigenvalue weighted by molar-refractivity contribution is 9.11. The van der Waals surface area contributed by atoms with E-state index in [1.54, 1.807) is 18.2 Å². The largest absolute Gasteiger partial charge is 0.451 e. The molecule has 0 bridgehead atoms. The molecule has 0 spiro atoms. The smallest absolute Gasteiger partial charge is 0.438 e. The highest BCUT2D eigenvalue weighted by Gasteiger charge is 2.28. The molecular formula is C20H14Br3ClN6O6. The van der Waals surface area contributed by atoms with Crippen LogP contribution in [0.5, 0.6) is 0 Å². The Labute approximate surface area is 233 Å². The molecule has 3 aromatic rings. The average Bonchev–Trinajstić information content (AvgIpc) is 3.24. The van der Waals surface area contributed by atoms with Crippen molar-refractivity contribution in [3.05, 3.63) is 66.4 Å². The minimum absolute atomic E-state index is 0.0198. The standard InChI is InChI=1S/C20H14Br3ClN6O6/c1-35-19(33)30(20(34)36-2)28-17(31)10-6-9(21)7-11(22)15(10)26-18(32)13-8-14(23)27-29(13)16-12(24)4-3-5-25-16/h3-8H,1-2H3,(H,26,32)(H,28,31). The lowest BCUT2D eigenvalue weighted by Gasteiger charge is -2.20. The van der Waals surface area contributed by atoms with Crippen LogP contribution in [0.4, 0.5) is 15.3 Å². The van der Waals surface area contributed by atoms with Crippen LogP contribution in [0.15, 0.2) is 50.1 Å². The second-order valence-electron chi connectivity index (χ2n) is 6.55. The molecule has 0 radical (unpaired) electrons. The maximum Gasteiger partial charge on any atom is 0.438 e. The molecule has 3 rings (SSSR count). The molecule has 188 valence electrons. The summed E-state index contributed by atoms with van der Waals surface area (Å²) in [6.45, 7) is 0. The number of benzene rings is 1. The average molecular weight is 710 g/mol. The lowest BCUT2D eigenvalue weighted by molar-refractivity contribution is 0.0636. The molecule has 0 saturated carbocycles. The Morgan fingerprint density at radius 1 is 1.03 bits per heavy atom. The first-order valence-electron chi connectivity index (χ1n) is 9.51. The Hall–Kier alpha value is -3.01. The number of hydrazine groups is 1. The molecule has 0 aliphatic rings. The third-order valence-electron chi connectivity index (χ3n) is 4.32. The summed E-state index contributed by atoms with van der Waals surface area (Å²) in [4.78, 5) is 54.4. The number of amides is 4. The van der Waals surface area contributed by atoms with Gasteiger partial charge in [0.15, 0.2) is 5.82 Å². The van der Waals surface area contributed by atoms with Crippen molar-refractivity contribution >= 4 is 89.1 Å². The van der Waals surface area contributed by atoms with Crippen molar-refractivity contribution in [1.29, 1.82) is 0 Å². The summed E-state index contributed by atoms with van der Waals surface area (Å²) in [6, 6.07) is 7.59. The highest BCUT2D eigenvalue weighted by atomic mass is 79.9. The van der Waals surface area contributed by atoms with Gasteiger partial charge < -0.3 is 14.8 Å². The number of ether oxygens (including phenoxy) is 2. The molecule has 2 aromatic heterocycles. The third-order valence-corrected chi connectivity index (χ3v) is 6.08. The Kier molecular flexibility index (Phi) is 9.05. The fourth-order valence-corrected chi connectivity index (χ4v) is 4.68. The maximum atomic E-state index is 13.3. The van der Waals surface area contributed by atoms with Gasteiger partial charge in [0.2, 0.25) is 0 Å². The molecule has 4 amide bonds. The monoisotopic (exact) mass is 706 g/mol. The number of nitrogens with one attached hydrogen (secondary N) is 2. The van der Waals surface area contributed by atoms with Crippen molar-refractivity contribution in [3.8, 4) is 5.82 Å². The van der Waals surface area contributed by atoms with Crippen molar-refractivity contribution in [2.45, 2.75) is 0 Å². The van der Waals surface area contributed by atoms with Gasteiger partial charge in [-0.15, -0.1) is 5.01 Å². The molecule has 0 saturated heterocycles. The lowest BCUT2D eigenvalue weighted by Crippen LogP contribution is -2.49. The molecule has 36 heavy (non-hydrogen) atoms. The fourth-order valence-electron chi connectivity index (χ4n) is 2.78. The van der Waals surface area contributed by atoms with Crippen LogP contribution < -0.4 is 10.7 Å². The summed E-state index contributed by atoms with van der Waals surface area (Å²) in [7, 11) is 2.03. The van der Waals surface area contributed by atoms with Crippen LogP contribution in [0.25, 0.3) is 5.82 Å². The molecule has 0 atom stereocenters. The SMILES string of the molecule is COC(=O)N(NC(=O)c1cc(Br)cc(Br)c1NC(=O)c1cc(Br)nn1-c1ncccc1Cl)C(=O)OC. The van der Waals surface area contributed by atoms with Gasteiger partial charge in [0.1, 0.15) is 10.3 Å². The van der Waals surface area contributed by atoms with E-state index in [1.807, 2.05) is 0 Å². The summed E-state index contributed by atoms with van der Waals surface area (Å²) in [6.07, 6.45) is -0.910. The van der Waals surface area contributed by atoms with Crippen LogP contribution in [0.2, 0.25) is 5.02 Å². The minimum atomic E-state index is -1.20. The number of hydrogen-bond acceptors (Lipinski definition) is 8. The molecule has 0 aliphatic heterocycles. The van der Waals surface area contributed by atoms with Gasteiger partial charge in [-0.2, -0.15) is 5.10 Å². The minimum Gasteiger partial charge on any atom is -0.451 e. The van der Waals surface area contributed by atoms with E-state index in [0.29, 0.717) is 13.5 Å². The number of aromatic nitrogens is 3. The lowest BCUT2D eigenvalue weighted by atomic mass is 10.1. The number of imide groups is 1. The summed E-state index contributed by atoms with van der Waals surface area (Å²) in [5.74, 6) is -1.41. The normalized spacial score (nSPS) is 10.4. The number of rotatable bonds is 4. The van der Waals surface area contributed by atoms with Crippen molar-refractivity contribution in [2.24, 2.45) is 0 Å². The molecule has 0 fully saturated rings. The zero-order chi connectivity index (χ0) is 26.6. The number of pyridine rings is 1. The molecule has 16 heteroatoms. The maximum absolute atomic E-state index is 13.3. The van der Waals surface area contributed by atoms with Gasteiger partial charge in [0.25, 0.3) is 11.8 Å². The van der Waals surface area contributed by atoms with Crippen molar-refractivity contribution in [1.82, 2.24) is 25.2 Å². The van der Waals surface area contributed by atoms with E-state index in [2.05, 4.69) is 78.1 Å². The van der Waals surface area contributed by atoms with Crippen LogP contribution in [-0.4, -0.2) is 58.0 Å². The first-order valence-corrected chi connectivity index (χ1v) is 12.3. The van der Waals surface area contributed by atoms with Gasteiger partial charge in [-0.3, -0.25) is 9.59 Å². The first-order chi connectivity index (χ1) is 17.1. The van der Waals surface area contributed by atoms with Crippen molar-refractivity contribution in [3.63, 3.8) is 0 Å². The van der Waals surface area contributed by atoms with Gasteiger partial charge in [0.05, 0.1) is 30.5 Å². The Morgan fingerprint density at radius 2 is 1.69 bits per heavy atom. The Bertz CT molecular complexity index is 1350. The Morgan fingerprint density at radius 3 is 2.31 bits per heavy atom. The van der Waals surface area contributed by atoms with E-state index in [0.717, 1.165) is 14.2 Å². The van der Waals surface area contributed by atoms with Crippen LogP contribution >= 0.6 is 59.4 Å². The number of carbonyl (C=O) groups excluding carboxylic acids is 4. The zero-order valence-corrected chi connectivity index (χ0v) is 23.7. The van der Waals surface area contributed by atoms with E-state index in [-0.39, 0.29) is 32.8 Å². The predicted molar refractivity (Wildman–Crippen MR) is 138 cm³/mol. The van der Waals surface area contributed by atoms with Crippen LogP contribution in [0.3, 0.4) is 0 Å². The third kappa shape index (κ3) is 6.03. The number of hydrogen-bond donors (Lipinski definition) is 2. The van der Waals surface area contributed by atoms with E-state index >= 15 is 0 Å². The molecule has 2 N–H and O–H groups in total. The topological polar surface area (TPSA) is 145 Å². The number of anilines is 1. The van der Waals surface area contributed by atoms with Gasteiger partial charge in [-0.1, -0.05) is 27.5 Å². The van der Waals surface area contributed by atoms with E-state index < -0.39 is 24.0 Å². The Balaban J connectivity index is 2.00. The van der Waals surface area contributed by atoms with Crippen molar-refractivity contribution in [2.75, 3.05) is 19.5 Å².